The molecule has 1 aliphatic heterocycles. The number of rotatable bonds is 7. The summed E-state index contributed by atoms with van der Waals surface area (Å²) in [5.41, 5.74) is 3.22. The van der Waals surface area contributed by atoms with Crippen molar-refractivity contribution < 1.29 is 14.3 Å². The molecule has 1 amide bonds. The highest BCUT2D eigenvalue weighted by Gasteiger charge is 2.24. The molecule has 0 aromatic heterocycles. The number of benzene rings is 2. The molecule has 170 valence electrons. The lowest BCUT2D eigenvalue weighted by Gasteiger charge is -2.21. The van der Waals surface area contributed by atoms with Gasteiger partial charge in [0.2, 0.25) is 5.91 Å². The number of nitrogens with zero attached hydrogens (tertiary/aromatic N) is 2. The van der Waals surface area contributed by atoms with Gasteiger partial charge in [-0.1, -0.05) is 30.3 Å². The Morgan fingerprint density at radius 3 is 2.72 bits per heavy atom. The number of guanidine groups is 1. The first-order chi connectivity index (χ1) is 15.7. The van der Waals surface area contributed by atoms with Gasteiger partial charge in [-0.3, -0.25) is 9.79 Å². The smallest absolute Gasteiger partial charge is 0.246 e. The van der Waals surface area contributed by atoms with Crippen LogP contribution < -0.4 is 25.0 Å². The van der Waals surface area contributed by atoms with Crippen LogP contribution in [0.5, 0.6) is 11.5 Å². The standard InChI is InChI=1S/C25H32N4O3/c1-26-25(28-17-23(30)29-15-14-18-8-3-6-12-21(18)29)27-16-19-9-7-13-22(31-2)24(19)32-20-10-4-5-11-20/h3,6-9,12-13,20H,4-5,10-11,14-17H2,1-2H3,(H2,26,27,28). The highest BCUT2D eigenvalue weighted by molar-refractivity contribution is 5.98. The van der Waals surface area contributed by atoms with E-state index in [1.165, 1.54) is 18.4 Å². The Morgan fingerprint density at radius 1 is 1.12 bits per heavy atom. The number of methoxy groups -OCH3 is 1. The highest BCUT2D eigenvalue weighted by atomic mass is 16.5. The lowest BCUT2D eigenvalue weighted by Crippen LogP contribution is -2.44. The van der Waals surface area contributed by atoms with Gasteiger partial charge in [-0.05, 0) is 49.8 Å². The average molecular weight is 437 g/mol. The minimum atomic E-state index is 0.0320. The molecule has 0 bridgehead atoms. The number of fused-ring (bicyclic) bond motifs is 1. The molecular weight excluding hydrogens is 404 g/mol. The van der Waals surface area contributed by atoms with Gasteiger partial charge in [-0.15, -0.1) is 0 Å². The van der Waals surface area contributed by atoms with E-state index >= 15 is 0 Å². The first-order valence-corrected chi connectivity index (χ1v) is 11.3. The zero-order valence-corrected chi connectivity index (χ0v) is 18.9. The number of aliphatic imine (C=N–C) groups is 1. The summed E-state index contributed by atoms with van der Waals surface area (Å²) >= 11 is 0. The maximum atomic E-state index is 12.8. The van der Waals surface area contributed by atoms with Crippen molar-refractivity contribution in [2.45, 2.75) is 44.8 Å². The molecule has 4 rings (SSSR count). The third kappa shape index (κ3) is 4.98. The molecule has 1 heterocycles. The molecule has 2 N–H and O–H groups in total. The fraction of sp³-hybridized carbons (Fsp3) is 0.440. The van der Waals surface area contributed by atoms with Crippen LogP contribution in [0.15, 0.2) is 47.5 Å². The van der Waals surface area contributed by atoms with E-state index in [0.29, 0.717) is 12.5 Å². The molecule has 0 radical (unpaired) electrons. The second-order valence-corrected chi connectivity index (χ2v) is 8.18. The lowest BCUT2D eigenvalue weighted by atomic mass is 10.1. The maximum Gasteiger partial charge on any atom is 0.246 e. The van der Waals surface area contributed by atoms with Crippen LogP contribution in [0.1, 0.15) is 36.8 Å². The van der Waals surface area contributed by atoms with Crippen molar-refractivity contribution in [2.75, 3.05) is 32.1 Å². The van der Waals surface area contributed by atoms with Gasteiger partial charge < -0.3 is 25.0 Å². The molecule has 2 aliphatic rings. The van der Waals surface area contributed by atoms with Gasteiger partial charge in [-0.2, -0.15) is 0 Å². The van der Waals surface area contributed by atoms with E-state index in [-0.39, 0.29) is 18.6 Å². The predicted molar refractivity (Wildman–Crippen MR) is 127 cm³/mol. The fourth-order valence-corrected chi connectivity index (χ4v) is 4.42. The van der Waals surface area contributed by atoms with Crippen LogP contribution in [0.25, 0.3) is 0 Å². The summed E-state index contributed by atoms with van der Waals surface area (Å²) in [4.78, 5) is 18.9. The van der Waals surface area contributed by atoms with Crippen molar-refractivity contribution in [3.63, 3.8) is 0 Å². The van der Waals surface area contributed by atoms with Gasteiger partial charge in [-0.25, -0.2) is 0 Å². The number of carbonyl (C=O) groups is 1. The zero-order chi connectivity index (χ0) is 22.3. The predicted octanol–water partition coefficient (Wildman–Crippen LogP) is 3.27. The lowest BCUT2D eigenvalue weighted by molar-refractivity contribution is -0.117. The summed E-state index contributed by atoms with van der Waals surface area (Å²) in [5, 5.41) is 6.44. The van der Waals surface area contributed by atoms with Crippen LogP contribution in [-0.2, 0) is 17.8 Å². The van der Waals surface area contributed by atoms with Gasteiger partial charge in [0, 0.05) is 31.4 Å². The molecule has 7 nitrogen and oxygen atoms in total. The van der Waals surface area contributed by atoms with Gasteiger partial charge in [0.15, 0.2) is 17.5 Å². The minimum absolute atomic E-state index is 0.0320. The summed E-state index contributed by atoms with van der Waals surface area (Å²) in [6.45, 7) is 1.41. The number of para-hydroxylation sites is 2. The van der Waals surface area contributed by atoms with E-state index in [1.807, 2.05) is 41.3 Å². The SMILES string of the molecule is CN=C(NCC(=O)N1CCc2ccccc21)NCc1cccc(OC)c1OC1CCCC1. The van der Waals surface area contributed by atoms with Crippen LogP contribution in [-0.4, -0.2) is 45.2 Å². The van der Waals surface area contributed by atoms with E-state index < -0.39 is 0 Å². The number of hydrogen-bond acceptors (Lipinski definition) is 4. The Bertz CT molecular complexity index is 969. The van der Waals surface area contributed by atoms with Crippen LogP contribution in [0.3, 0.4) is 0 Å². The topological polar surface area (TPSA) is 75.2 Å². The number of nitrogens with one attached hydrogen (secondary N) is 2. The van der Waals surface area contributed by atoms with Gasteiger partial charge in [0.1, 0.15) is 0 Å². The van der Waals surface area contributed by atoms with Crippen molar-refractivity contribution in [1.29, 1.82) is 0 Å². The van der Waals surface area contributed by atoms with Crippen LogP contribution in [0.2, 0.25) is 0 Å². The number of hydrogen-bond donors (Lipinski definition) is 2. The molecule has 0 saturated heterocycles. The molecule has 7 heteroatoms. The van der Waals surface area contributed by atoms with E-state index in [9.17, 15) is 4.79 Å². The van der Waals surface area contributed by atoms with Crippen molar-refractivity contribution in [3.05, 3.63) is 53.6 Å². The summed E-state index contributed by atoms with van der Waals surface area (Å²) in [7, 11) is 3.36. The Kier molecular flexibility index (Phi) is 7.14. The monoisotopic (exact) mass is 436 g/mol. The normalized spacial score (nSPS) is 16.1. The largest absolute Gasteiger partial charge is 0.493 e. The van der Waals surface area contributed by atoms with E-state index in [2.05, 4.69) is 21.7 Å². The van der Waals surface area contributed by atoms with Crippen molar-refractivity contribution in [3.8, 4) is 11.5 Å². The molecule has 0 atom stereocenters. The number of ether oxygens (including phenoxy) is 2. The third-order valence-electron chi connectivity index (χ3n) is 6.13. The van der Waals surface area contributed by atoms with Crippen LogP contribution in [0, 0.1) is 0 Å². The van der Waals surface area contributed by atoms with E-state index in [0.717, 1.165) is 48.6 Å². The van der Waals surface area contributed by atoms with Crippen molar-refractivity contribution in [1.82, 2.24) is 10.6 Å². The molecule has 1 saturated carbocycles. The molecule has 1 aliphatic carbocycles. The third-order valence-corrected chi connectivity index (χ3v) is 6.13. The molecule has 1 fully saturated rings. The molecule has 2 aromatic rings. The van der Waals surface area contributed by atoms with E-state index in [1.54, 1.807) is 14.2 Å². The Balaban J connectivity index is 1.35. The average Bonchev–Trinajstić information content (AvgIpc) is 3.49. The fourth-order valence-electron chi connectivity index (χ4n) is 4.42. The summed E-state index contributed by atoms with van der Waals surface area (Å²) in [6.07, 6.45) is 5.71. The Hall–Kier alpha value is -3.22. The molecule has 2 aromatic carbocycles. The summed E-state index contributed by atoms with van der Waals surface area (Å²) in [5.74, 6) is 2.13. The van der Waals surface area contributed by atoms with E-state index in [4.69, 9.17) is 9.47 Å². The second-order valence-electron chi connectivity index (χ2n) is 8.18. The van der Waals surface area contributed by atoms with Crippen molar-refractivity contribution >= 4 is 17.6 Å². The maximum absolute atomic E-state index is 12.8. The van der Waals surface area contributed by atoms with Gasteiger partial charge >= 0.3 is 0 Å². The second kappa shape index (κ2) is 10.4. The molecular formula is C25H32N4O3. The summed E-state index contributed by atoms with van der Waals surface area (Å²) in [6, 6.07) is 14.0. The highest BCUT2D eigenvalue weighted by Crippen LogP contribution is 2.34. The minimum Gasteiger partial charge on any atom is -0.493 e. The zero-order valence-electron chi connectivity index (χ0n) is 18.9. The van der Waals surface area contributed by atoms with Gasteiger partial charge in [0.05, 0.1) is 19.8 Å². The first-order valence-electron chi connectivity index (χ1n) is 11.3. The van der Waals surface area contributed by atoms with Crippen molar-refractivity contribution in [2.24, 2.45) is 4.99 Å². The summed E-state index contributed by atoms with van der Waals surface area (Å²) < 4.78 is 11.9. The first kappa shape index (κ1) is 22.0. The molecule has 32 heavy (non-hydrogen) atoms. The van der Waals surface area contributed by atoms with Crippen LogP contribution >= 0.6 is 0 Å². The van der Waals surface area contributed by atoms with Crippen LogP contribution in [0.4, 0.5) is 5.69 Å². The quantitative estimate of drug-likeness (QED) is 0.515. The Morgan fingerprint density at radius 2 is 1.94 bits per heavy atom. The van der Waals surface area contributed by atoms with Gasteiger partial charge in [0.25, 0.3) is 0 Å². The molecule has 0 unspecified atom stereocenters. The Labute approximate surface area is 189 Å². The number of carbonyl (C=O) groups excluding carboxylic acids is 1. The number of amides is 1. The number of anilines is 1. The molecule has 0 spiro atoms.